The highest BCUT2D eigenvalue weighted by Gasteiger charge is 2.18. The van der Waals surface area contributed by atoms with Gasteiger partial charge in [0.25, 0.3) is 5.91 Å². The number of para-hydroxylation sites is 1. The predicted molar refractivity (Wildman–Crippen MR) is 116 cm³/mol. The zero-order valence-electron chi connectivity index (χ0n) is 17.2. The van der Waals surface area contributed by atoms with Crippen LogP contribution in [0.2, 0.25) is 0 Å². The monoisotopic (exact) mass is 384 g/mol. The Balaban J connectivity index is 1.77. The van der Waals surface area contributed by atoms with Crippen molar-refractivity contribution in [1.82, 2.24) is 19.7 Å². The molecule has 2 heterocycles. The first-order chi connectivity index (χ1) is 13.9. The van der Waals surface area contributed by atoms with E-state index in [1.165, 1.54) is 11.1 Å². The first-order valence-electron chi connectivity index (χ1n) is 9.63. The maximum absolute atomic E-state index is 13.3. The van der Waals surface area contributed by atoms with Crippen LogP contribution in [-0.4, -0.2) is 32.6 Å². The van der Waals surface area contributed by atoms with Gasteiger partial charge in [0.2, 0.25) is 0 Å². The summed E-state index contributed by atoms with van der Waals surface area (Å²) in [6.45, 7) is 4.69. The van der Waals surface area contributed by atoms with Crippen LogP contribution in [0, 0.1) is 13.8 Å². The summed E-state index contributed by atoms with van der Waals surface area (Å²) in [6.07, 6.45) is 3.71. The lowest BCUT2D eigenvalue weighted by Crippen LogP contribution is -2.26. The number of hydrogen-bond acceptors (Lipinski definition) is 3. The Labute approximate surface area is 170 Å². The number of nitrogens with zero attached hydrogens (tertiary/aromatic N) is 4. The number of amides is 1. The molecule has 0 saturated heterocycles. The van der Waals surface area contributed by atoms with E-state index in [0.29, 0.717) is 12.1 Å². The molecule has 0 bridgehead atoms. The largest absolute Gasteiger partial charge is 0.337 e. The number of aromatic nitrogens is 3. The van der Waals surface area contributed by atoms with Gasteiger partial charge in [-0.1, -0.05) is 30.3 Å². The standard InChI is InChI=1S/C24H24N4O/c1-16-9-10-19(11-17(16)2)23-12-21(20-7-5-6-8-22(20)26-23)24(29)27(3)14-18-13-25-28(4)15-18/h5-13,15H,14H2,1-4H3. The second kappa shape index (κ2) is 7.51. The van der Waals surface area contributed by atoms with Crippen LogP contribution in [0.4, 0.5) is 0 Å². The van der Waals surface area contributed by atoms with Crippen molar-refractivity contribution < 1.29 is 4.79 Å². The molecule has 0 aliphatic carbocycles. The predicted octanol–water partition coefficient (Wildman–Crippen LogP) is 4.52. The fraction of sp³-hybridized carbons (Fsp3) is 0.208. The van der Waals surface area contributed by atoms with E-state index in [0.717, 1.165) is 27.7 Å². The molecule has 4 aromatic rings. The average molecular weight is 384 g/mol. The van der Waals surface area contributed by atoms with Gasteiger partial charge in [0.15, 0.2) is 0 Å². The molecule has 0 aliphatic rings. The average Bonchev–Trinajstić information content (AvgIpc) is 3.13. The van der Waals surface area contributed by atoms with E-state index in [1.54, 1.807) is 15.8 Å². The second-order valence-corrected chi connectivity index (χ2v) is 7.55. The Bertz CT molecular complexity index is 1210. The Morgan fingerprint density at radius 1 is 1.07 bits per heavy atom. The molecule has 0 radical (unpaired) electrons. The smallest absolute Gasteiger partial charge is 0.254 e. The van der Waals surface area contributed by atoms with Crippen LogP contribution in [-0.2, 0) is 13.6 Å². The minimum absolute atomic E-state index is 0.0301. The second-order valence-electron chi connectivity index (χ2n) is 7.55. The molecule has 0 saturated carbocycles. The normalized spacial score (nSPS) is 11.0. The van der Waals surface area contributed by atoms with Crippen LogP contribution in [0.3, 0.4) is 0 Å². The van der Waals surface area contributed by atoms with Crippen molar-refractivity contribution in [1.29, 1.82) is 0 Å². The number of hydrogen-bond donors (Lipinski definition) is 0. The molecular formula is C24H24N4O. The van der Waals surface area contributed by atoms with Crippen LogP contribution in [0.25, 0.3) is 22.2 Å². The Morgan fingerprint density at radius 3 is 2.59 bits per heavy atom. The van der Waals surface area contributed by atoms with Gasteiger partial charge in [0.05, 0.1) is 23.0 Å². The summed E-state index contributed by atoms with van der Waals surface area (Å²) in [5, 5.41) is 5.05. The zero-order chi connectivity index (χ0) is 20.5. The van der Waals surface area contributed by atoms with Crippen molar-refractivity contribution >= 4 is 16.8 Å². The third-order valence-electron chi connectivity index (χ3n) is 5.27. The molecule has 5 nitrogen and oxygen atoms in total. The fourth-order valence-corrected chi connectivity index (χ4v) is 3.51. The maximum atomic E-state index is 13.3. The quantitative estimate of drug-likeness (QED) is 0.520. The minimum Gasteiger partial charge on any atom is -0.337 e. The van der Waals surface area contributed by atoms with Gasteiger partial charge < -0.3 is 4.90 Å². The summed E-state index contributed by atoms with van der Waals surface area (Å²) in [7, 11) is 3.69. The van der Waals surface area contributed by atoms with Crippen LogP contribution < -0.4 is 0 Å². The number of benzene rings is 2. The number of aryl methyl sites for hydroxylation is 3. The molecule has 0 N–H and O–H groups in total. The van der Waals surface area contributed by atoms with Crippen LogP contribution in [0.15, 0.2) is 60.9 Å². The topological polar surface area (TPSA) is 51.0 Å². The Morgan fingerprint density at radius 2 is 1.86 bits per heavy atom. The van der Waals surface area contributed by atoms with Crippen LogP contribution in [0.5, 0.6) is 0 Å². The molecule has 2 aromatic carbocycles. The van der Waals surface area contributed by atoms with E-state index in [1.807, 2.05) is 50.6 Å². The van der Waals surface area contributed by atoms with Crippen LogP contribution >= 0.6 is 0 Å². The van der Waals surface area contributed by atoms with E-state index in [-0.39, 0.29) is 5.91 Å². The molecule has 1 amide bonds. The van der Waals surface area contributed by atoms with Crippen molar-refractivity contribution in [3.8, 4) is 11.3 Å². The number of carbonyl (C=O) groups excluding carboxylic acids is 1. The van der Waals surface area contributed by atoms with Gasteiger partial charge in [-0.2, -0.15) is 5.10 Å². The first-order valence-corrected chi connectivity index (χ1v) is 9.63. The number of fused-ring (bicyclic) bond motifs is 1. The number of carbonyl (C=O) groups is 1. The van der Waals surface area contributed by atoms with Crippen molar-refractivity contribution in [2.45, 2.75) is 20.4 Å². The third kappa shape index (κ3) is 3.76. The Kier molecular flexibility index (Phi) is 4.89. The molecule has 2 aromatic heterocycles. The summed E-state index contributed by atoms with van der Waals surface area (Å²) in [5.41, 5.74) is 6.75. The summed E-state index contributed by atoms with van der Waals surface area (Å²) in [6, 6.07) is 16.0. The fourth-order valence-electron chi connectivity index (χ4n) is 3.51. The van der Waals surface area contributed by atoms with Crippen molar-refractivity contribution in [2.24, 2.45) is 7.05 Å². The highest BCUT2D eigenvalue weighted by molar-refractivity contribution is 6.07. The third-order valence-corrected chi connectivity index (χ3v) is 5.27. The lowest BCUT2D eigenvalue weighted by atomic mass is 10.0. The lowest BCUT2D eigenvalue weighted by Gasteiger charge is -2.18. The van der Waals surface area contributed by atoms with E-state index < -0.39 is 0 Å². The molecule has 4 rings (SSSR count). The van der Waals surface area contributed by atoms with Crippen molar-refractivity contribution in [3.63, 3.8) is 0 Å². The van der Waals surface area contributed by atoms with Crippen LogP contribution in [0.1, 0.15) is 27.0 Å². The molecule has 146 valence electrons. The van der Waals surface area contributed by atoms with Gasteiger partial charge in [-0.15, -0.1) is 0 Å². The highest BCUT2D eigenvalue weighted by Crippen LogP contribution is 2.27. The number of pyridine rings is 1. The highest BCUT2D eigenvalue weighted by atomic mass is 16.2. The van der Waals surface area contributed by atoms with E-state index in [2.05, 4.69) is 37.1 Å². The molecule has 0 atom stereocenters. The summed E-state index contributed by atoms with van der Waals surface area (Å²) in [4.78, 5) is 19.9. The lowest BCUT2D eigenvalue weighted by molar-refractivity contribution is 0.0787. The summed E-state index contributed by atoms with van der Waals surface area (Å²) < 4.78 is 1.74. The van der Waals surface area contributed by atoms with E-state index in [9.17, 15) is 4.79 Å². The molecule has 0 unspecified atom stereocenters. The zero-order valence-corrected chi connectivity index (χ0v) is 17.2. The van der Waals surface area contributed by atoms with E-state index >= 15 is 0 Å². The van der Waals surface area contributed by atoms with Gasteiger partial charge in [-0.25, -0.2) is 4.98 Å². The maximum Gasteiger partial charge on any atom is 0.254 e. The molecule has 0 fully saturated rings. The molecular weight excluding hydrogens is 360 g/mol. The van der Waals surface area contributed by atoms with Gasteiger partial charge in [0.1, 0.15) is 0 Å². The molecule has 0 spiro atoms. The molecule has 0 aliphatic heterocycles. The number of rotatable bonds is 4. The van der Waals surface area contributed by atoms with Gasteiger partial charge >= 0.3 is 0 Å². The van der Waals surface area contributed by atoms with Crippen molar-refractivity contribution in [2.75, 3.05) is 7.05 Å². The molecule has 5 heteroatoms. The van der Waals surface area contributed by atoms with Crippen molar-refractivity contribution in [3.05, 3.63) is 83.2 Å². The SMILES string of the molecule is Cc1ccc(-c2cc(C(=O)N(C)Cc3cnn(C)c3)c3ccccc3n2)cc1C. The van der Waals surface area contributed by atoms with Gasteiger partial charge in [-0.3, -0.25) is 9.48 Å². The first kappa shape index (κ1) is 18.9. The minimum atomic E-state index is -0.0301. The summed E-state index contributed by atoms with van der Waals surface area (Å²) >= 11 is 0. The molecule has 29 heavy (non-hydrogen) atoms. The Hall–Kier alpha value is -3.47. The van der Waals surface area contributed by atoms with Gasteiger partial charge in [-0.05, 0) is 43.2 Å². The summed E-state index contributed by atoms with van der Waals surface area (Å²) in [5.74, 6) is -0.0301. The van der Waals surface area contributed by atoms with E-state index in [4.69, 9.17) is 4.98 Å². The van der Waals surface area contributed by atoms with Gasteiger partial charge in [0, 0.05) is 43.4 Å².